The van der Waals surface area contributed by atoms with Gasteiger partial charge in [-0.3, -0.25) is 9.59 Å². The number of carbonyl (C=O) groups excluding carboxylic acids is 2. The third-order valence-electron chi connectivity index (χ3n) is 5.40. The zero-order valence-electron chi connectivity index (χ0n) is 21.5. The van der Waals surface area contributed by atoms with Crippen molar-refractivity contribution in [3.63, 3.8) is 0 Å². The third kappa shape index (κ3) is 7.92. The molecule has 1 atom stereocenters. The van der Waals surface area contributed by atoms with Gasteiger partial charge in [-0.05, 0) is 56.7 Å². The van der Waals surface area contributed by atoms with Crippen LogP contribution in [-0.4, -0.2) is 34.9 Å². The Morgan fingerprint density at radius 2 is 1.58 bits per heavy atom. The zero-order chi connectivity index (χ0) is 24.8. The fourth-order valence-corrected chi connectivity index (χ4v) is 3.70. The van der Waals surface area contributed by atoms with Gasteiger partial charge in [0.15, 0.2) is 6.61 Å². The van der Waals surface area contributed by atoms with Gasteiger partial charge in [-0.1, -0.05) is 75.7 Å². The summed E-state index contributed by atoms with van der Waals surface area (Å²) in [4.78, 5) is 28.2. The molecule has 0 fully saturated rings. The number of benzene rings is 2. The lowest BCUT2D eigenvalue weighted by atomic mass is 9.86. The molecular formula is C28H40N2O3. The number of hydrogen-bond donors (Lipinski definition) is 1. The van der Waals surface area contributed by atoms with Crippen LogP contribution in [0.5, 0.6) is 5.75 Å². The number of ether oxygens (including phenoxy) is 1. The van der Waals surface area contributed by atoms with E-state index in [1.807, 2.05) is 83.1 Å². The van der Waals surface area contributed by atoms with E-state index in [1.165, 1.54) is 0 Å². The minimum Gasteiger partial charge on any atom is -0.483 e. The number of para-hydroxylation sites is 1. The van der Waals surface area contributed by atoms with Gasteiger partial charge in [-0.15, -0.1) is 0 Å². The molecule has 1 N–H and O–H groups in total. The average Bonchev–Trinajstić information content (AvgIpc) is 2.71. The van der Waals surface area contributed by atoms with E-state index in [2.05, 4.69) is 26.1 Å². The molecule has 2 rings (SSSR count). The maximum absolute atomic E-state index is 13.4. The molecule has 2 aromatic carbocycles. The number of carbonyl (C=O) groups is 2. The lowest BCUT2D eigenvalue weighted by Crippen LogP contribution is -2.54. The molecule has 0 aromatic heterocycles. The largest absolute Gasteiger partial charge is 0.483 e. The molecule has 0 bridgehead atoms. The summed E-state index contributed by atoms with van der Waals surface area (Å²) in [5.41, 5.74) is 2.67. The highest BCUT2D eigenvalue weighted by Gasteiger charge is 2.31. The molecule has 0 radical (unpaired) electrons. The van der Waals surface area contributed by atoms with Gasteiger partial charge in [-0.2, -0.15) is 0 Å². The quantitative estimate of drug-likeness (QED) is 0.584. The van der Waals surface area contributed by atoms with Gasteiger partial charge >= 0.3 is 0 Å². The van der Waals surface area contributed by atoms with E-state index >= 15 is 0 Å². The van der Waals surface area contributed by atoms with Gasteiger partial charge < -0.3 is 15.0 Å². The van der Waals surface area contributed by atoms with Gasteiger partial charge in [0.05, 0.1) is 0 Å². The Kier molecular flexibility index (Phi) is 8.70. The maximum Gasteiger partial charge on any atom is 0.261 e. The van der Waals surface area contributed by atoms with Crippen LogP contribution in [0.25, 0.3) is 0 Å². The number of nitrogens with one attached hydrogen (secondary N) is 1. The fraction of sp³-hybridized carbons (Fsp3) is 0.500. The minimum atomic E-state index is -0.584. The van der Waals surface area contributed by atoms with E-state index < -0.39 is 6.04 Å². The Labute approximate surface area is 199 Å². The van der Waals surface area contributed by atoms with Crippen LogP contribution in [0.4, 0.5) is 0 Å². The van der Waals surface area contributed by atoms with Crippen molar-refractivity contribution in [3.8, 4) is 5.75 Å². The van der Waals surface area contributed by atoms with Gasteiger partial charge in [0.2, 0.25) is 5.91 Å². The first-order chi connectivity index (χ1) is 15.3. The molecule has 2 aromatic rings. The van der Waals surface area contributed by atoms with Crippen LogP contribution in [0, 0.1) is 6.92 Å². The Hall–Kier alpha value is -2.82. The van der Waals surface area contributed by atoms with Crippen LogP contribution in [0.15, 0.2) is 48.5 Å². The van der Waals surface area contributed by atoms with Crippen molar-refractivity contribution < 1.29 is 14.3 Å². The first kappa shape index (κ1) is 26.4. The molecule has 5 heteroatoms. The normalized spacial score (nSPS) is 12.7. The van der Waals surface area contributed by atoms with Gasteiger partial charge in [-0.25, -0.2) is 0 Å². The zero-order valence-corrected chi connectivity index (χ0v) is 21.5. The molecule has 33 heavy (non-hydrogen) atoms. The second kappa shape index (κ2) is 10.9. The molecular weight excluding hydrogens is 412 g/mol. The minimum absolute atomic E-state index is 0.111. The average molecular weight is 453 g/mol. The smallest absolute Gasteiger partial charge is 0.261 e. The van der Waals surface area contributed by atoms with Gasteiger partial charge in [0.25, 0.3) is 5.91 Å². The fourth-order valence-electron chi connectivity index (χ4n) is 3.70. The monoisotopic (exact) mass is 452 g/mol. The summed E-state index contributed by atoms with van der Waals surface area (Å²) < 4.78 is 6.02. The molecule has 180 valence electrons. The molecule has 0 aliphatic carbocycles. The highest BCUT2D eigenvalue weighted by atomic mass is 16.5. The summed E-state index contributed by atoms with van der Waals surface area (Å²) in [7, 11) is 0. The Morgan fingerprint density at radius 3 is 2.12 bits per heavy atom. The highest BCUT2D eigenvalue weighted by molar-refractivity contribution is 5.88. The molecule has 0 saturated heterocycles. The van der Waals surface area contributed by atoms with Crippen LogP contribution >= 0.6 is 0 Å². The second-order valence-corrected chi connectivity index (χ2v) is 10.7. The first-order valence-corrected chi connectivity index (χ1v) is 11.7. The van der Waals surface area contributed by atoms with Crippen LogP contribution < -0.4 is 10.1 Å². The molecule has 2 amide bonds. The second-order valence-electron chi connectivity index (χ2n) is 10.7. The first-order valence-electron chi connectivity index (χ1n) is 11.7. The standard InChI is InChI=1S/C28H40N2O3/c1-9-23(26(32)29-28(6,7)8)30(18-21-16-14-20(2)15-17-21)25(31)19-33-24-13-11-10-12-22(24)27(3,4)5/h10-17,23H,9,18-19H2,1-8H3,(H,29,32)/t23-/m1/s1. The summed E-state index contributed by atoms with van der Waals surface area (Å²) >= 11 is 0. The van der Waals surface area contributed by atoms with Crippen molar-refractivity contribution in [1.29, 1.82) is 0 Å². The number of aryl methyl sites for hydroxylation is 1. The predicted octanol–water partition coefficient (Wildman–Crippen LogP) is 5.39. The SMILES string of the molecule is CC[C@H](C(=O)NC(C)(C)C)N(Cc1ccc(C)cc1)C(=O)COc1ccccc1C(C)(C)C. The number of amides is 2. The molecule has 5 nitrogen and oxygen atoms in total. The lowest BCUT2D eigenvalue weighted by molar-refractivity contribution is -0.143. The van der Waals surface area contributed by atoms with E-state index in [1.54, 1.807) is 4.90 Å². The van der Waals surface area contributed by atoms with Crippen molar-refractivity contribution in [3.05, 3.63) is 65.2 Å². The van der Waals surface area contributed by atoms with Crippen LogP contribution in [0.2, 0.25) is 0 Å². The topological polar surface area (TPSA) is 58.6 Å². The molecule has 0 spiro atoms. The van der Waals surface area contributed by atoms with E-state index in [0.717, 1.165) is 16.7 Å². The van der Waals surface area contributed by atoms with Crippen molar-refractivity contribution in [2.75, 3.05) is 6.61 Å². The summed E-state index contributed by atoms with van der Waals surface area (Å²) in [6.07, 6.45) is 0.512. The Balaban J connectivity index is 2.29. The molecule has 0 heterocycles. The molecule has 0 aliphatic rings. The molecule has 0 aliphatic heterocycles. The molecule has 0 unspecified atom stereocenters. The third-order valence-corrected chi connectivity index (χ3v) is 5.40. The van der Waals surface area contributed by atoms with Crippen molar-refractivity contribution >= 4 is 11.8 Å². The van der Waals surface area contributed by atoms with Crippen molar-refractivity contribution in [2.24, 2.45) is 0 Å². The van der Waals surface area contributed by atoms with Gasteiger partial charge in [0, 0.05) is 12.1 Å². The van der Waals surface area contributed by atoms with Crippen LogP contribution in [0.1, 0.15) is 71.6 Å². The summed E-state index contributed by atoms with van der Waals surface area (Å²) in [6.45, 7) is 16.3. The Morgan fingerprint density at radius 1 is 0.970 bits per heavy atom. The van der Waals surface area contributed by atoms with Gasteiger partial charge in [0.1, 0.15) is 11.8 Å². The van der Waals surface area contributed by atoms with Crippen LogP contribution in [-0.2, 0) is 21.5 Å². The number of hydrogen-bond acceptors (Lipinski definition) is 3. The highest BCUT2D eigenvalue weighted by Crippen LogP contribution is 2.31. The van der Waals surface area contributed by atoms with Crippen LogP contribution in [0.3, 0.4) is 0 Å². The van der Waals surface area contributed by atoms with E-state index in [0.29, 0.717) is 18.7 Å². The van der Waals surface area contributed by atoms with E-state index in [-0.39, 0.29) is 29.4 Å². The van der Waals surface area contributed by atoms with Crippen molar-refractivity contribution in [2.45, 2.75) is 85.4 Å². The Bertz CT molecular complexity index is 937. The maximum atomic E-state index is 13.4. The lowest BCUT2D eigenvalue weighted by Gasteiger charge is -2.33. The summed E-state index contributed by atoms with van der Waals surface area (Å²) in [5, 5.41) is 3.03. The molecule has 0 saturated carbocycles. The van der Waals surface area contributed by atoms with E-state index in [4.69, 9.17) is 4.74 Å². The number of rotatable bonds is 8. The predicted molar refractivity (Wildman–Crippen MR) is 134 cm³/mol. The van der Waals surface area contributed by atoms with Crippen molar-refractivity contribution in [1.82, 2.24) is 10.2 Å². The number of nitrogens with zero attached hydrogens (tertiary/aromatic N) is 1. The van der Waals surface area contributed by atoms with E-state index in [9.17, 15) is 9.59 Å². The summed E-state index contributed by atoms with van der Waals surface area (Å²) in [5.74, 6) is 0.330. The summed E-state index contributed by atoms with van der Waals surface area (Å²) in [6, 6.07) is 15.2.